The molecule has 0 saturated carbocycles. The van der Waals surface area contributed by atoms with Crippen LogP contribution in [0.2, 0.25) is 0 Å². The third kappa shape index (κ3) is 3.05. The van der Waals surface area contributed by atoms with Crippen LogP contribution in [-0.2, 0) is 0 Å². The number of hydrogen-bond acceptors (Lipinski definition) is 2. The first-order valence-electron chi connectivity index (χ1n) is 6.43. The van der Waals surface area contributed by atoms with E-state index in [-0.39, 0.29) is 17.6 Å². The molecule has 0 radical (unpaired) electrons. The third-order valence-electron chi connectivity index (χ3n) is 3.30. The maximum Gasteiger partial charge on any atom is 0.125 e. The van der Waals surface area contributed by atoms with Gasteiger partial charge in [0.1, 0.15) is 11.6 Å². The van der Waals surface area contributed by atoms with Crippen molar-refractivity contribution >= 4 is 5.69 Å². The van der Waals surface area contributed by atoms with Gasteiger partial charge in [-0.15, -0.1) is 0 Å². The van der Waals surface area contributed by atoms with E-state index in [1.807, 2.05) is 32.0 Å². The predicted molar refractivity (Wildman–Crippen MR) is 75.9 cm³/mol. The summed E-state index contributed by atoms with van der Waals surface area (Å²) in [6, 6.07) is 13.8. The lowest BCUT2D eigenvalue weighted by molar-refractivity contribution is 0.473. The fourth-order valence-corrected chi connectivity index (χ4v) is 2.30. The van der Waals surface area contributed by atoms with Crippen molar-refractivity contribution in [2.45, 2.75) is 19.9 Å². The van der Waals surface area contributed by atoms with Crippen molar-refractivity contribution in [2.24, 2.45) is 0 Å². The number of rotatable bonds is 4. The lowest BCUT2D eigenvalue weighted by Gasteiger charge is -2.30. The number of benzene rings is 2. The molecule has 0 aliphatic heterocycles. The first-order chi connectivity index (χ1) is 9.11. The molecular weight excluding hydrogens is 241 g/mol. The minimum Gasteiger partial charge on any atom is -0.508 e. The van der Waals surface area contributed by atoms with Gasteiger partial charge in [0.05, 0.1) is 6.04 Å². The number of phenolic OH excluding ortho intramolecular Hbond substituents is 1. The molecule has 0 amide bonds. The molecule has 2 nitrogen and oxygen atoms in total. The van der Waals surface area contributed by atoms with Gasteiger partial charge in [0, 0.05) is 12.2 Å². The Balaban J connectivity index is 2.31. The van der Waals surface area contributed by atoms with Crippen molar-refractivity contribution in [3.8, 4) is 5.75 Å². The second-order valence-corrected chi connectivity index (χ2v) is 4.54. The molecule has 0 aromatic heterocycles. The number of halogens is 1. The van der Waals surface area contributed by atoms with Gasteiger partial charge in [-0.1, -0.05) is 18.2 Å². The van der Waals surface area contributed by atoms with Gasteiger partial charge in [-0.05, 0) is 49.7 Å². The Labute approximate surface area is 113 Å². The average Bonchev–Trinajstić information content (AvgIpc) is 2.39. The van der Waals surface area contributed by atoms with Crippen LogP contribution in [-0.4, -0.2) is 11.7 Å². The fraction of sp³-hybridized carbons (Fsp3) is 0.250. The van der Waals surface area contributed by atoms with E-state index < -0.39 is 0 Å². The molecule has 1 N–H and O–H groups in total. The third-order valence-corrected chi connectivity index (χ3v) is 3.30. The van der Waals surface area contributed by atoms with Gasteiger partial charge in [-0.3, -0.25) is 0 Å². The molecule has 100 valence electrons. The first-order valence-corrected chi connectivity index (χ1v) is 6.43. The smallest absolute Gasteiger partial charge is 0.125 e. The minimum atomic E-state index is -0.237. The van der Waals surface area contributed by atoms with Crippen LogP contribution in [0.5, 0.6) is 5.75 Å². The van der Waals surface area contributed by atoms with Gasteiger partial charge in [0.15, 0.2) is 0 Å². The first kappa shape index (κ1) is 13.4. The minimum absolute atomic E-state index is 0.0684. The van der Waals surface area contributed by atoms with Gasteiger partial charge in [-0.25, -0.2) is 4.39 Å². The molecule has 0 spiro atoms. The average molecular weight is 259 g/mol. The predicted octanol–water partition coefficient (Wildman–Crippen LogP) is 4.12. The molecule has 19 heavy (non-hydrogen) atoms. The van der Waals surface area contributed by atoms with Gasteiger partial charge < -0.3 is 10.0 Å². The number of nitrogens with zero attached hydrogens (tertiary/aromatic N) is 1. The van der Waals surface area contributed by atoms with Gasteiger partial charge >= 0.3 is 0 Å². The van der Waals surface area contributed by atoms with Crippen molar-refractivity contribution < 1.29 is 9.50 Å². The lowest BCUT2D eigenvalue weighted by atomic mass is 10.1. The second kappa shape index (κ2) is 5.74. The molecule has 0 aliphatic carbocycles. The Morgan fingerprint density at radius 2 is 1.89 bits per heavy atom. The molecule has 0 saturated heterocycles. The Morgan fingerprint density at radius 3 is 2.53 bits per heavy atom. The van der Waals surface area contributed by atoms with Crippen LogP contribution in [0.15, 0.2) is 48.5 Å². The lowest BCUT2D eigenvalue weighted by Crippen LogP contribution is -2.26. The molecule has 2 aromatic rings. The summed E-state index contributed by atoms with van der Waals surface area (Å²) >= 11 is 0. The standard InChI is InChI=1S/C16H18FNO/c1-3-18(15-8-5-7-14(17)11-15)12(2)13-6-4-9-16(19)10-13/h4-12,19H,3H2,1-2H3. The van der Waals surface area contributed by atoms with E-state index in [2.05, 4.69) is 4.90 Å². The highest BCUT2D eigenvalue weighted by Crippen LogP contribution is 2.28. The van der Waals surface area contributed by atoms with Crippen molar-refractivity contribution in [3.63, 3.8) is 0 Å². The number of aromatic hydroxyl groups is 1. The van der Waals surface area contributed by atoms with Crippen LogP contribution in [0.4, 0.5) is 10.1 Å². The molecular formula is C16H18FNO. The maximum atomic E-state index is 13.3. The summed E-state index contributed by atoms with van der Waals surface area (Å²) in [5.41, 5.74) is 1.85. The molecule has 0 heterocycles. The van der Waals surface area contributed by atoms with Gasteiger partial charge in [0.2, 0.25) is 0 Å². The fourth-order valence-electron chi connectivity index (χ4n) is 2.30. The normalized spacial score (nSPS) is 12.2. The summed E-state index contributed by atoms with van der Waals surface area (Å²) in [5, 5.41) is 9.55. The van der Waals surface area contributed by atoms with Crippen LogP contribution < -0.4 is 4.90 Å². The Morgan fingerprint density at radius 1 is 1.16 bits per heavy atom. The second-order valence-electron chi connectivity index (χ2n) is 4.54. The summed E-state index contributed by atoms with van der Waals surface area (Å²) < 4.78 is 13.3. The van der Waals surface area contributed by atoms with Gasteiger partial charge in [-0.2, -0.15) is 0 Å². The zero-order chi connectivity index (χ0) is 13.8. The summed E-state index contributed by atoms with van der Waals surface area (Å²) in [5.74, 6) is 0.0127. The van der Waals surface area contributed by atoms with E-state index in [0.717, 1.165) is 17.8 Å². The van der Waals surface area contributed by atoms with Crippen LogP contribution >= 0.6 is 0 Å². The summed E-state index contributed by atoms with van der Waals surface area (Å²) in [6.07, 6.45) is 0. The van der Waals surface area contributed by atoms with Crippen molar-refractivity contribution in [1.29, 1.82) is 0 Å². The Bertz CT molecular complexity index is 556. The molecule has 2 rings (SSSR count). The zero-order valence-electron chi connectivity index (χ0n) is 11.2. The van der Waals surface area contributed by atoms with E-state index >= 15 is 0 Å². The van der Waals surface area contributed by atoms with Crippen molar-refractivity contribution in [3.05, 3.63) is 59.9 Å². The number of phenols is 1. The van der Waals surface area contributed by atoms with E-state index in [9.17, 15) is 9.50 Å². The molecule has 1 atom stereocenters. The topological polar surface area (TPSA) is 23.5 Å². The highest BCUT2D eigenvalue weighted by atomic mass is 19.1. The van der Waals surface area contributed by atoms with E-state index in [4.69, 9.17) is 0 Å². The van der Waals surface area contributed by atoms with E-state index in [0.29, 0.717) is 0 Å². The SMILES string of the molecule is CCN(c1cccc(F)c1)C(C)c1cccc(O)c1. The summed E-state index contributed by atoms with van der Waals surface area (Å²) in [7, 11) is 0. The summed E-state index contributed by atoms with van der Waals surface area (Å²) in [6.45, 7) is 4.84. The van der Waals surface area contributed by atoms with Gasteiger partial charge in [0.25, 0.3) is 0 Å². The molecule has 0 aliphatic rings. The van der Waals surface area contributed by atoms with Crippen molar-refractivity contribution in [2.75, 3.05) is 11.4 Å². The Kier molecular flexibility index (Phi) is 4.05. The molecule has 0 fully saturated rings. The summed E-state index contributed by atoms with van der Waals surface area (Å²) in [4.78, 5) is 2.10. The zero-order valence-corrected chi connectivity index (χ0v) is 11.2. The van der Waals surface area contributed by atoms with Crippen molar-refractivity contribution in [1.82, 2.24) is 0 Å². The van der Waals surface area contributed by atoms with Crippen LogP contribution in [0.3, 0.4) is 0 Å². The monoisotopic (exact) mass is 259 g/mol. The molecule has 2 aromatic carbocycles. The van der Waals surface area contributed by atoms with E-state index in [1.54, 1.807) is 18.2 Å². The van der Waals surface area contributed by atoms with E-state index in [1.165, 1.54) is 12.1 Å². The maximum absolute atomic E-state index is 13.3. The largest absolute Gasteiger partial charge is 0.508 e. The highest BCUT2D eigenvalue weighted by molar-refractivity contribution is 5.49. The van der Waals surface area contributed by atoms with Crippen LogP contribution in [0.1, 0.15) is 25.5 Å². The van der Waals surface area contributed by atoms with Crippen LogP contribution in [0, 0.1) is 5.82 Å². The highest BCUT2D eigenvalue weighted by Gasteiger charge is 2.15. The molecule has 3 heteroatoms. The Hall–Kier alpha value is -2.03. The quantitative estimate of drug-likeness (QED) is 0.892. The number of hydrogen-bond donors (Lipinski definition) is 1. The molecule has 0 bridgehead atoms. The van der Waals surface area contributed by atoms with Crippen LogP contribution in [0.25, 0.3) is 0 Å². The molecule has 1 unspecified atom stereocenters. The number of anilines is 1.